The molecule has 3 rings (SSSR count). The van der Waals surface area contributed by atoms with Gasteiger partial charge in [0.15, 0.2) is 5.82 Å². The zero-order valence-electron chi connectivity index (χ0n) is 9.44. The van der Waals surface area contributed by atoms with Crippen LogP contribution in [0.5, 0.6) is 0 Å². The fourth-order valence-electron chi connectivity index (χ4n) is 1.81. The maximum Gasteiger partial charge on any atom is 0.451 e. The highest BCUT2D eigenvalue weighted by Gasteiger charge is 2.35. The lowest BCUT2D eigenvalue weighted by Gasteiger charge is -2.01. The number of rotatable bonds is 1. The Morgan fingerprint density at radius 3 is 2.63 bits per heavy atom. The Balaban J connectivity index is 2.17. The smallest absolute Gasteiger partial charge is 0.256 e. The number of nitrogens with one attached hydrogen (secondary N) is 1. The molecule has 0 saturated carbocycles. The van der Waals surface area contributed by atoms with E-state index in [4.69, 9.17) is 0 Å². The van der Waals surface area contributed by atoms with E-state index in [-0.39, 0.29) is 5.82 Å². The van der Waals surface area contributed by atoms with Gasteiger partial charge in [-0.3, -0.25) is 10.1 Å². The van der Waals surface area contributed by atoms with Crippen LogP contribution >= 0.6 is 0 Å². The zero-order chi connectivity index (χ0) is 13.5. The molecule has 4 nitrogen and oxygen atoms in total. The molecule has 0 saturated heterocycles. The molecule has 1 aromatic carbocycles. The Kier molecular flexibility index (Phi) is 2.48. The van der Waals surface area contributed by atoms with E-state index in [2.05, 4.69) is 15.1 Å². The van der Waals surface area contributed by atoms with Crippen molar-refractivity contribution in [1.82, 2.24) is 20.2 Å². The van der Waals surface area contributed by atoms with Gasteiger partial charge in [-0.1, -0.05) is 18.2 Å². The first-order chi connectivity index (χ1) is 9.05. The number of benzene rings is 1. The van der Waals surface area contributed by atoms with Crippen molar-refractivity contribution in [1.29, 1.82) is 0 Å². The summed E-state index contributed by atoms with van der Waals surface area (Å²) >= 11 is 0. The van der Waals surface area contributed by atoms with Crippen molar-refractivity contribution >= 4 is 10.9 Å². The molecule has 19 heavy (non-hydrogen) atoms. The van der Waals surface area contributed by atoms with Crippen molar-refractivity contribution in [2.45, 2.75) is 6.18 Å². The topological polar surface area (TPSA) is 54.5 Å². The van der Waals surface area contributed by atoms with E-state index in [0.29, 0.717) is 16.5 Å². The normalized spacial score (nSPS) is 11.9. The van der Waals surface area contributed by atoms with Crippen LogP contribution < -0.4 is 0 Å². The predicted molar refractivity (Wildman–Crippen MR) is 62.1 cm³/mol. The third-order valence-electron chi connectivity index (χ3n) is 2.64. The highest BCUT2D eigenvalue weighted by Crippen LogP contribution is 2.29. The zero-order valence-corrected chi connectivity index (χ0v) is 9.44. The van der Waals surface area contributed by atoms with Gasteiger partial charge in [-0.05, 0) is 12.1 Å². The molecule has 0 aliphatic rings. The Labute approximate surface area is 105 Å². The molecule has 0 bridgehead atoms. The Morgan fingerprint density at radius 1 is 1.05 bits per heavy atom. The minimum Gasteiger partial charge on any atom is -0.256 e. The maximum atomic E-state index is 12.5. The summed E-state index contributed by atoms with van der Waals surface area (Å²) < 4.78 is 37.5. The van der Waals surface area contributed by atoms with Crippen molar-refractivity contribution in [3.8, 4) is 11.4 Å². The molecule has 3 aromatic rings. The van der Waals surface area contributed by atoms with Gasteiger partial charge in [-0.2, -0.15) is 18.3 Å². The standard InChI is InChI=1S/C12H7F3N4/c13-12(14,15)11-17-10(18-19-11)8-3-1-5-9-7(8)4-2-6-16-9/h1-6H,(H,17,18,19). The number of H-pyrrole nitrogens is 1. The molecule has 0 aliphatic heterocycles. The monoisotopic (exact) mass is 264 g/mol. The van der Waals surface area contributed by atoms with Gasteiger partial charge >= 0.3 is 6.18 Å². The lowest BCUT2D eigenvalue weighted by molar-refractivity contribution is -0.144. The van der Waals surface area contributed by atoms with Crippen molar-refractivity contribution in [2.75, 3.05) is 0 Å². The van der Waals surface area contributed by atoms with Gasteiger partial charge in [-0.15, -0.1) is 0 Å². The van der Waals surface area contributed by atoms with Crippen LogP contribution in [0.15, 0.2) is 36.5 Å². The van der Waals surface area contributed by atoms with Crippen molar-refractivity contribution in [3.63, 3.8) is 0 Å². The average Bonchev–Trinajstić information content (AvgIpc) is 2.87. The number of alkyl halides is 3. The van der Waals surface area contributed by atoms with Crippen LogP contribution in [0.2, 0.25) is 0 Å². The first-order valence-corrected chi connectivity index (χ1v) is 5.39. The molecule has 0 unspecified atom stereocenters. The number of hydrogen-bond acceptors (Lipinski definition) is 3. The fourth-order valence-corrected chi connectivity index (χ4v) is 1.81. The van der Waals surface area contributed by atoms with E-state index in [1.165, 1.54) is 0 Å². The molecule has 2 aromatic heterocycles. The van der Waals surface area contributed by atoms with Crippen molar-refractivity contribution in [2.24, 2.45) is 0 Å². The van der Waals surface area contributed by atoms with E-state index in [9.17, 15) is 13.2 Å². The Bertz CT molecular complexity index is 728. The third-order valence-corrected chi connectivity index (χ3v) is 2.64. The minimum atomic E-state index is -4.53. The summed E-state index contributed by atoms with van der Waals surface area (Å²) in [5.41, 5.74) is 1.19. The second-order valence-electron chi connectivity index (χ2n) is 3.88. The maximum absolute atomic E-state index is 12.5. The van der Waals surface area contributed by atoms with Gasteiger partial charge in [0, 0.05) is 17.1 Å². The van der Waals surface area contributed by atoms with Crippen LogP contribution in [0.4, 0.5) is 13.2 Å². The first kappa shape index (κ1) is 11.6. The molecule has 0 fully saturated rings. The number of aromatic amines is 1. The summed E-state index contributed by atoms with van der Waals surface area (Å²) in [6.07, 6.45) is -2.92. The number of halogens is 3. The first-order valence-electron chi connectivity index (χ1n) is 5.39. The molecular weight excluding hydrogens is 257 g/mol. The summed E-state index contributed by atoms with van der Waals surface area (Å²) in [5.74, 6) is -1.10. The lowest BCUT2D eigenvalue weighted by atomic mass is 10.1. The predicted octanol–water partition coefficient (Wildman–Crippen LogP) is 3.04. The SMILES string of the molecule is FC(F)(F)c1nc(-c2cccc3ncccc23)n[nH]1. The highest BCUT2D eigenvalue weighted by atomic mass is 19.4. The number of aromatic nitrogens is 4. The molecule has 0 amide bonds. The van der Waals surface area contributed by atoms with Crippen LogP contribution in [0.3, 0.4) is 0 Å². The quantitative estimate of drug-likeness (QED) is 0.735. The number of fused-ring (bicyclic) bond motifs is 1. The molecule has 1 N–H and O–H groups in total. The molecule has 96 valence electrons. The van der Waals surface area contributed by atoms with Crippen molar-refractivity contribution in [3.05, 3.63) is 42.4 Å². The van der Waals surface area contributed by atoms with E-state index in [0.717, 1.165) is 0 Å². The molecule has 0 atom stereocenters. The van der Waals surface area contributed by atoms with Gasteiger partial charge in [0.05, 0.1) is 5.52 Å². The van der Waals surface area contributed by atoms with Crippen LogP contribution in [-0.2, 0) is 6.18 Å². The van der Waals surface area contributed by atoms with Gasteiger partial charge in [0.2, 0.25) is 5.82 Å². The van der Waals surface area contributed by atoms with Gasteiger partial charge in [0.1, 0.15) is 0 Å². The second-order valence-corrected chi connectivity index (χ2v) is 3.88. The lowest BCUT2D eigenvalue weighted by Crippen LogP contribution is -2.07. The summed E-state index contributed by atoms with van der Waals surface area (Å²) in [6.45, 7) is 0. The van der Waals surface area contributed by atoms with E-state index >= 15 is 0 Å². The molecular formula is C12H7F3N4. The van der Waals surface area contributed by atoms with E-state index in [1.54, 1.807) is 36.5 Å². The molecule has 0 spiro atoms. The summed E-state index contributed by atoms with van der Waals surface area (Å²) in [4.78, 5) is 7.62. The second kappa shape index (κ2) is 4.04. The fraction of sp³-hybridized carbons (Fsp3) is 0.0833. The minimum absolute atomic E-state index is 0.00549. The van der Waals surface area contributed by atoms with Crippen LogP contribution in [0.1, 0.15) is 5.82 Å². The molecule has 0 aliphatic carbocycles. The van der Waals surface area contributed by atoms with E-state index < -0.39 is 12.0 Å². The Hall–Kier alpha value is -2.44. The molecule has 2 heterocycles. The molecule has 7 heteroatoms. The number of hydrogen-bond donors (Lipinski definition) is 1. The van der Waals surface area contributed by atoms with Gasteiger partial charge in [-0.25, -0.2) is 4.98 Å². The number of nitrogens with zero attached hydrogens (tertiary/aromatic N) is 3. The third kappa shape index (κ3) is 2.03. The number of pyridine rings is 1. The van der Waals surface area contributed by atoms with Crippen LogP contribution in [0, 0.1) is 0 Å². The highest BCUT2D eigenvalue weighted by molar-refractivity contribution is 5.92. The average molecular weight is 264 g/mol. The van der Waals surface area contributed by atoms with Crippen LogP contribution in [-0.4, -0.2) is 20.2 Å². The largest absolute Gasteiger partial charge is 0.451 e. The van der Waals surface area contributed by atoms with Crippen molar-refractivity contribution < 1.29 is 13.2 Å². The van der Waals surface area contributed by atoms with Crippen LogP contribution in [0.25, 0.3) is 22.3 Å². The Morgan fingerprint density at radius 2 is 1.89 bits per heavy atom. The summed E-state index contributed by atoms with van der Waals surface area (Å²) in [7, 11) is 0. The molecule has 0 radical (unpaired) electrons. The summed E-state index contributed by atoms with van der Waals surface area (Å²) in [5, 5.41) is 6.23. The van der Waals surface area contributed by atoms with E-state index in [1.807, 2.05) is 5.10 Å². The van der Waals surface area contributed by atoms with Gasteiger partial charge < -0.3 is 0 Å². The van der Waals surface area contributed by atoms with Gasteiger partial charge in [0.25, 0.3) is 0 Å². The summed E-state index contributed by atoms with van der Waals surface area (Å²) in [6, 6.07) is 8.61.